The van der Waals surface area contributed by atoms with Crippen LogP contribution in [0.3, 0.4) is 0 Å². The minimum atomic E-state index is -0.279. The molecule has 10 heteroatoms. The molecule has 1 heterocycles. The number of nitrogens with zero attached hydrogens (tertiary/aromatic N) is 4. The first-order chi connectivity index (χ1) is 13.4. The number of rotatable bonds is 6. The van der Waals surface area contributed by atoms with Gasteiger partial charge in [0.25, 0.3) is 5.91 Å². The van der Waals surface area contributed by atoms with Gasteiger partial charge < -0.3 is 4.57 Å². The zero-order valence-corrected chi connectivity index (χ0v) is 17.6. The number of halogens is 3. The number of carbonyl (C=O) groups excluding carboxylic acids is 1. The van der Waals surface area contributed by atoms with Crippen molar-refractivity contribution in [1.82, 2.24) is 20.2 Å². The highest BCUT2D eigenvalue weighted by atomic mass is 35.5. The van der Waals surface area contributed by atoms with E-state index < -0.39 is 0 Å². The SMILES string of the molecule is Cn1c(SCC(=O)N/N=C/c2ccc(Cl)cc2Cl)nnc1-c1cccc(Cl)c1. The molecule has 6 nitrogen and oxygen atoms in total. The third-order valence-electron chi connectivity index (χ3n) is 3.61. The predicted octanol–water partition coefficient (Wildman–Crippen LogP) is 4.68. The van der Waals surface area contributed by atoms with Crippen LogP contribution in [0.25, 0.3) is 11.4 Å². The van der Waals surface area contributed by atoms with Crippen LogP contribution < -0.4 is 5.43 Å². The molecule has 0 atom stereocenters. The summed E-state index contributed by atoms with van der Waals surface area (Å²) in [6, 6.07) is 12.4. The van der Waals surface area contributed by atoms with Crippen LogP contribution in [0.15, 0.2) is 52.7 Å². The van der Waals surface area contributed by atoms with E-state index in [4.69, 9.17) is 34.8 Å². The van der Waals surface area contributed by atoms with E-state index in [1.54, 1.807) is 28.8 Å². The van der Waals surface area contributed by atoms with Crippen LogP contribution in [0.1, 0.15) is 5.56 Å². The minimum Gasteiger partial charge on any atom is -0.305 e. The van der Waals surface area contributed by atoms with Crippen molar-refractivity contribution in [2.75, 3.05) is 5.75 Å². The molecule has 0 aliphatic rings. The Morgan fingerprint density at radius 1 is 1.18 bits per heavy atom. The van der Waals surface area contributed by atoms with Crippen LogP contribution >= 0.6 is 46.6 Å². The topological polar surface area (TPSA) is 72.2 Å². The molecular formula is C18H14Cl3N5OS. The molecule has 0 bridgehead atoms. The van der Waals surface area contributed by atoms with Gasteiger partial charge in [-0.15, -0.1) is 10.2 Å². The maximum Gasteiger partial charge on any atom is 0.250 e. The second-order valence-corrected chi connectivity index (χ2v) is 7.85. The van der Waals surface area contributed by atoms with Crippen molar-refractivity contribution in [2.24, 2.45) is 12.1 Å². The van der Waals surface area contributed by atoms with E-state index in [-0.39, 0.29) is 11.7 Å². The molecule has 0 fully saturated rings. The van der Waals surface area contributed by atoms with E-state index in [1.165, 1.54) is 18.0 Å². The van der Waals surface area contributed by atoms with E-state index in [0.717, 1.165) is 5.56 Å². The van der Waals surface area contributed by atoms with Crippen LogP contribution in [-0.4, -0.2) is 32.6 Å². The van der Waals surface area contributed by atoms with E-state index in [9.17, 15) is 4.79 Å². The molecule has 0 unspecified atom stereocenters. The first-order valence-corrected chi connectivity index (χ1v) is 10.1. The van der Waals surface area contributed by atoms with Crippen molar-refractivity contribution >= 4 is 58.7 Å². The van der Waals surface area contributed by atoms with Gasteiger partial charge in [0.15, 0.2) is 11.0 Å². The Morgan fingerprint density at radius 3 is 2.71 bits per heavy atom. The van der Waals surface area contributed by atoms with Crippen molar-refractivity contribution < 1.29 is 4.79 Å². The Kier molecular flexibility index (Phi) is 6.96. The van der Waals surface area contributed by atoms with Gasteiger partial charge in [0.2, 0.25) is 0 Å². The quantitative estimate of drug-likeness (QED) is 0.333. The number of thioether (sulfide) groups is 1. The van der Waals surface area contributed by atoms with Gasteiger partial charge in [-0.2, -0.15) is 5.10 Å². The maximum atomic E-state index is 12.0. The highest BCUT2D eigenvalue weighted by molar-refractivity contribution is 7.99. The van der Waals surface area contributed by atoms with E-state index in [0.29, 0.717) is 31.6 Å². The molecule has 3 rings (SSSR count). The van der Waals surface area contributed by atoms with Crippen LogP contribution in [0.5, 0.6) is 0 Å². The van der Waals surface area contributed by atoms with Gasteiger partial charge in [0.05, 0.1) is 17.0 Å². The van der Waals surface area contributed by atoms with Gasteiger partial charge >= 0.3 is 0 Å². The maximum absolute atomic E-state index is 12.0. The average Bonchev–Trinajstić information content (AvgIpc) is 3.02. The summed E-state index contributed by atoms with van der Waals surface area (Å²) in [7, 11) is 1.83. The Labute approximate surface area is 180 Å². The molecule has 1 amide bonds. The molecule has 0 aliphatic carbocycles. The standard InChI is InChI=1S/C18H14Cl3N5OS/c1-26-17(11-3-2-4-13(19)7-11)24-25-18(26)28-10-16(27)23-22-9-12-5-6-14(20)8-15(12)21/h2-9H,10H2,1H3,(H,23,27)/b22-9+. The van der Waals surface area contributed by atoms with Crippen molar-refractivity contribution in [3.05, 3.63) is 63.1 Å². The normalized spacial score (nSPS) is 11.1. The second kappa shape index (κ2) is 9.43. The van der Waals surface area contributed by atoms with Crippen molar-refractivity contribution in [2.45, 2.75) is 5.16 Å². The van der Waals surface area contributed by atoms with Gasteiger partial charge in [-0.1, -0.05) is 64.8 Å². The third kappa shape index (κ3) is 5.26. The summed E-state index contributed by atoms with van der Waals surface area (Å²) < 4.78 is 1.81. The molecular weight excluding hydrogens is 441 g/mol. The van der Waals surface area contributed by atoms with E-state index >= 15 is 0 Å². The predicted molar refractivity (Wildman–Crippen MR) is 114 cm³/mol. The van der Waals surface area contributed by atoms with Crippen molar-refractivity contribution in [1.29, 1.82) is 0 Å². The van der Waals surface area contributed by atoms with E-state index in [2.05, 4.69) is 20.7 Å². The first-order valence-electron chi connectivity index (χ1n) is 7.99. The molecule has 144 valence electrons. The number of nitrogens with one attached hydrogen (secondary N) is 1. The number of hydrazone groups is 1. The Bertz CT molecular complexity index is 1040. The lowest BCUT2D eigenvalue weighted by Crippen LogP contribution is -2.20. The first kappa shape index (κ1) is 20.7. The number of hydrogen-bond donors (Lipinski definition) is 1. The molecule has 0 radical (unpaired) electrons. The van der Waals surface area contributed by atoms with Gasteiger partial charge in [-0.25, -0.2) is 5.43 Å². The number of carbonyl (C=O) groups is 1. The molecule has 0 saturated carbocycles. The lowest BCUT2D eigenvalue weighted by Gasteiger charge is -2.04. The number of benzene rings is 2. The molecule has 0 saturated heterocycles. The zero-order chi connectivity index (χ0) is 20.1. The van der Waals surface area contributed by atoms with Gasteiger partial charge in [0.1, 0.15) is 0 Å². The molecule has 28 heavy (non-hydrogen) atoms. The second-order valence-electron chi connectivity index (χ2n) is 5.62. The molecule has 1 aromatic heterocycles. The van der Waals surface area contributed by atoms with Crippen molar-refractivity contribution in [3.63, 3.8) is 0 Å². The number of aromatic nitrogens is 3. The van der Waals surface area contributed by atoms with Gasteiger partial charge in [-0.3, -0.25) is 4.79 Å². The lowest BCUT2D eigenvalue weighted by atomic mass is 10.2. The van der Waals surface area contributed by atoms with Crippen molar-refractivity contribution in [3.8, 4) is 11.4 Å². The van der Waals surface area contributed by atoms with Gasteiger partial charge in [-0.05, 0) is 24.3 Å². The Morgan fingerprint density at radius 2 is 1.96 bits per heavy atom. The smallest absolute Gasteiger partial charge is 0.250 e. The Balaban J connectivity index is 1.57. The molecule has 2 aromatic carbocycles. The highest BCUT2D eigenvalue weighted by Gasteiger charge is 2.13. The summed E-state index contributed by atoms with van der Waals surface area (Å²) in [5.74, 6) is 0.521. The molecule has 0 spiro atoms. The van der Waals surface area contributed by atoms with Crippen LogP contribution in [0.4, 0.5) is 0 Å². The summed E-state index contributed by atoms with van der Waals surface area (Å²) in [5.41, 5.74) is 3.95. The minimum absolute atomic E-state index is 0.132. The fourth-order valence-electron chi connectivity index (χ4n) is 2.26. The van der Waals surface area contributed by atoms with E-state index in [1.807, 2.05) is 25.2 Å². The molecule has 0 aliphatic heterocycles. The van der Waals surface area contributed by atoms with Gasteiger partial charge in [0, 0.05) is 28.2 Å². The monoisotopic (exact) mass is 453 g/mol. The van der Waals surface area contributed by atoms with Crippen LogP contribution in [0, 0.1) is 0 Å². The fraction of sp³-hybridized carbons (Fsp3) is 0.111. The lowest BCUT2D eigenvalue weighted by molar-refractivity contribution is -0.118. The molecule has 3 aromatic rings. The summed E-state index contributed by atoms with van der Waals surface area (Å²) >= 11 is 19.2. The summed E-state index contributed by atoms with van der Waals surface area (Å²) in [6.07, 6.45) is 1.46. The summed E-state index contributed by atoms with van der Waals surface area (Å²) in [5, 5.41) is 14.4. The van der Waals surface area contributed by atoms with Crippen LogP contribution in [-0.2, 0) is 11.8 Å². The zero-order valence-electron chi connectivity index (χ0n) is 14.6. The van der Waals surface area contributed by atoms with Crippen LogP contribution in [0.2, 0.25) is 15.1 Å². The Hall–Kier alpha value is -2.06. The largest absolute Gasteiger partial charge is 0.305 e. The fourth-order valence-corrected chi connectivity index (χ4v) is 3.61. The highest BCUT2D eigenvalue weighted by Crippen LogP contribution is 2.24. The average molecular weight is 455 g/mol. The third-order valence-corrected chi connectivity index (χ3v) is 5.42. The summed E-state index contributed by atoms with van der Waals surface area (Å²) in [6.45, 7) is 0. The summed E-state index contributed by atoms with van der Waals surface area (Å²) in [4.78, 5) is 12.0. The number of hydrogen-bond acceptors (Lipinski definition) is 5. The number of amides is 1. The molecule has 1 N–H and O–H groups in total.